The molecule has 0 radical (unpaired) electrons. The molecule has 1 heterocycles. The van der Waals surface area contributed by atoms with Gasteiger partial charge in [-0.2, -0.15) is 0 Å². The maximum atomic E-state index is 12.1. The molecule has 1 saturated heterocycles. The zero-order valence-electron chi connectivity index (χ0n) is 10.7. The normalized spacial score (nSPS) is 26.7. The number of β-lactam (4-membered cyclic amide) rings is 1. The summed E-state index contributed by atoms with van der Waals surface area (Å²) in [6.45, 7) is 3.17. The minimum atomic E-state index is -1.01. The van der Waals surface area contributed by atoms with E-state index in [2.05, 4.69) is 15.9 Å². The van der Waals surface area contributed by atoms with Gasteiger partial charge in [0.2, 0.25) is 0 Å². The minimum Gasteiger partial charge on any atom is -0.464 e. The van der Waals surface area contributed by atoms with Crippen LogP contribution in [-0.2, 0) is 14.3 Å². The number of carbonyl (C=O) groups is 2. The molecule has 1 N–H and O–H groups in total. The fourth-order valence-corrected chi connectivity index (χ4v) is 3.77. The Morgan fingerprint density at radius 2 is 2.17 bits per heavy atom. The number of thioether (sulfide) groups is 1. The van der Waals surface area contributed by atoms with Gasteiger partial charge in [-0.15, -0.1) is 11.8 Å². The molecule has 102 valence electrons. The highest BCUT2D eigenvalue weighted by Gasteiger charge is 2.61. The molecule has 1 rings (SSSR count). The second kappa shape index (κ2) is 5.63. The number of esters is 1. The van der Waals surface area contributed by atoms with E-state index in [1.54, 1.807) is 13.8 Å². The van der Waals surface area contributed by atoms with Gasteiger partial charge >= 0.3 is 5.97 Å². The summed E-state index contributed by atoms with van der Waals surface area (Å²) in [4.78, 5) is 25.2. The fourth-order valence-electron chi connectivity index (χ4n) is 1.85. The van der Waals surface area contributed by atoms with Crippen molar-refractivity contribution in [3.8, 4) is 0 Å². The van der Waals surface area contributed by atoms with Gasteiger partial charge in [0.25, 0.3) is 5.91 Å². The summed E-state index contributed by atoms with van der Waals surface area (Å²) in [6, 6.07) is 0. The lowest BCUT2D eigenvalue weighted by Crippen LogP contribution is -2.71. The van der Waals surface area contributed by atoms with E-state index in [0.717, 1.165) is 0 Å². The molecule has 0 unspecified atom stereocenters. The number of alkyl halides is 1. The number of hydrogen-bond acceptors (Lipinski definition) is 5. The van der Waals surface area contributed by atoms with Crippen molar-refractivity contribution in [2.45, 2.75) is 23.5 Å². The quantitative estimate of drug-likeness (QED) is 0.360. The molecule has 1 fully saturated rings. The lowest BCUT2D eigenvalue weighted by atomic mass is 9.96. The van der Waals surface area contributed by atoms with E-state index >= 15 is 0 Å². The monoisotopic (exact) mass is 337 g/mol. The third-order valence-electron chi connectivity index (χ3n) is 2.75. The van der Waals surface area contributed by atoms with Crippen molar-refractivity contribution in [1.82, 2.24) is 4.90 Å². The van der Waals surface area contributed by atoms with Crippen molar-refractivity contribution in [2.24, 2.45) is 0 Å². The fraction of sp³-hybridized carbons (Fsp3) is 0.636. The molecule has 1 aliphatic rings. The SMILES string of the molecule is COC(=O)C(=C(C)C)N1C(=O)[C@](Br)(CO)[C@H]1SC. The van der Waals surface area contributed by atoms with Gasteiger partial charge in [-0.05, 0) is 25.7 Å². The predicted octanol–water partition coefficient (Wildman–Crippen LogP) is 1.11. The Bertz CT molecular complexity index is 408. The number of nitrogens with zero attached hydrogens (tertiary/aromatic N) is 1. The minimum absolute atomic E-state index is 0.241. The second-order valence-corrected chi connectivity index (χ2v) is 6.46. The van der Waals surface area contributed by atoms with Crippen LogP contribution in [0.5, 0.6) is 0 Å². The van der Waals surface area contributed by atoms with Crippen molar-refractivity contribution < 1.29 is 19.4 Å². The highest BCUT2D eigenvalue weighted by molar-refractivity contribution is 9.10. The first-order valence-electron chi connectivity index (χ1n) is 5.27. The first-order valence-corrected chi connectivity index (χ1v) is 7.35. The summed E-state index contributed by atoms with van der Waals surface area (Å²) < 4.78 is 3.68. The standard InChI is InChI=1S/C11H16BrNO4S/c1-6(2)7(8(15)17-3)13-9(16)11(12,5-14)10(13)18-4/h10,14H,5H2,1-4H3/t10-,11-/m1/s1. The maximum Gasteiger partial charge on any atom is 0.354 e. The van der Waals surface area contributed by atoms with Crippen molar-refractivity contribution in [3.63, 3.8) is 0 Å². The topological polar surface area (TPSA) is 66.8 Å². The molecule has 1 amide bonds. The Kier molecular flexibility index (Phi) is 4.85. The highest BCUT2D eigenvalue weighted by atomic mass is 79.9. The summed E-state index contributed by atoms with van der Waals surface area (Å²) in [5.41, 5.74) is 0.937. The molecule has 0 saturated carbocycles. The first kappa shape index (κ1) is 15.5. The van der Waals surface area contributed by atoms with Crippen LogP contribution in [0.25, 0.3) is 0 Å². The molecule has 0 aliphatic carbocycles. The van der Waals surface area contributed by atoms with Crippen molar-refractivity contribution in [3.05, 3.63) is 11.3 Å². The summed E-state index contributed by atoms with van der Waals surface area (Å²) in [5, 5.41) is 8.98. The molecule has 5 nitrogen and oxygen atoms in total. The molecule has 0 spiro atoms. The van der Waals surface area contributed by atoms with E-state index in [1.807, 2.05) is 6.26 Å². The van der Waals surface area contributed by atoms with Crippen LogP contribution in [0.15, 0.2) is 11.3 Å². The van der Waals surface area contributed by atoms with Crippen LogP contribution in [0.1, 0.15) is 13.8 Å². The number of hydrogen-bond donors (Lipinski definition) is 1. The van der Waals surface area contributed by atoms with Gasteiger partial charge in [-0.25, -0.2) is 4.79 Å². The van der Waals surface area contributed by atoms with Crippen LogP contribution in [-0.4, -0.2) is 51.6 Å². The number of halogens is 1. The number of amides is 1. The zero-order chi connectivity index (χ0) is 14.1. The Morgan fingerprint density at radius 3 is 2.50 bits per heavy atom. The molecule has 7 heteroatoms. The lowest BCUT2D eigenvalue weighted by Gasteiger charge is -2.51. The summed E-state index contributed by atoms with van der Waals surface area (Å²) in [5.74, 6) is -0.874. The van der Waals surface area contributed by atoms with Crippen molar-refractivity contribution in [1.29, 1.82) is 0 Å². The summed E-state index contributed by atoms with van der Waals surface area (Å²) in [6.07, 6.45) is 1.82. The van der Waals surface area contributed by atoms with Crippen LogP contribution in [0.3, 0.4) is 0 Å². The van der Waals surface area contributed by atoms with Crippen LogP contribution < -0.4 is 0 Å². The molecule has 0 aromatic carbocycles. The Hall–Kier alpha value is -0.530. The number of carbonyl (C=O) groups excluding carboxylic acids is 2. The molecule has 0 aromatic rings. The molecular formula is C11H16BrNO4S. The average molecular weight is 338 g/mol. The van der Waals surface area contributed by atoms with Crippen LogP contribution in [0.2, 0.25) is 0 Å². The van der Waals surface area contributed by atoms with E-state index in [4.69, 9.17) is 4.74 Å². The van der Waals surface area contributed by atoms with Gasteiger partial charge in [-0.1, -0.05) is 15.9 Å². The Morgan fingerprint density at radius 1 is 1.61 bits per heavy atom. The number of aliphatic hydroxyl groups is 1. The number of allylic oxidation sites excluding steroid dienone is 1. The first-order chi connectivity index (χ1) is 8.34. The largest absolute Gasteiger partial charge is 0.464 e. The maximum absolute atomic E-state index is 12.1. The highest BCUT2D eigenvalue weighted by Crippen LogP contribution is 2.46. The molecule has 0 bridgehead atoms. The molecular weight excluding hydrogens is 322 g/mol. The van der Waals surface area contributed by atoms with E-state index < -0.39 is 10.3 Å². The Balaban J connectivity index is 3.15. The van der Waals surface area contributed by atoms with E-state index in [-0.39, 0.29) is 23.6 Å². The summed E-state index contributed by atoms with van der Waals surface area (Å²) >= 11 is 4.64. The van der Waals surface area contributed by atoms with Gasteiger partial charge in [0.05, 0.1) is 13.7 Å². The number of likely N-dealkylation sites (tertiary alicyclic amines) is 1. The molecule has 2 atom stereocenters. The number of rotatable bonds is 4. The average Bonchev–Trinajstić information content (AvgIpc) is 2.36. The van der Waals surface area contributed by atoms with Crippen LogP contribution >= 0.6 is 27.7 Å². The predicted molar refractivity (Wildman–Crippen MR) is 73.3 cm³/mol. The van der Waals surface area contributed by atoms with E-state index in [9.17, 15) is 14.7 Å². The van der Waals surface area contributed by atoms with Gasteiger partial charge in [0.1, 0.15) is 11.1 Å². The third kappa shape index (κ3) is 2.19. The van der Waals surface area contributed by atoms with E-state index in [1.165, 1.54) is 23.8 Å². The van der Waals surface area contributed by atoms with Crippen molar-refractivity contribution in [2.75, 3.05) is 20.0 Å². The Labute approximate surface area is 119 Å². The van der Waals surface area contributed by atoms with Gasteiger partial charge in [0, 0.05) is 0 Å². The van der Waals surface area contributed by atoms with E-state index in [0.29, 0.717) is 5.57 Å². The lowest BCUT2D eigenvalue weighted by molar-refractivity contribution is -0.151. The van der Waals surface area contributed by atoms with Crippen molar-refractivity contribution >= 4 is 39.6 Å². The summed E-state index contributed by atoms with van der Waals surface area (Å²) in [7, 11) is 1.27. The van der Waals surface area contributed by atoms with Gasteiger partial charge in [0.15, 0.2) is 4.32 Å². The zero-order valence-corrected chi connectivity index (χ0v) is 13.1. The van der Waals surface area contributed by atoms with Gasteiger partial charge < -0.3 is 9.84 Å². The number of aliphatic hydroxyl groups excluding tert-OH is 1. The molecule has 18 heavy (non-hydrogen) atoms. The van der Waals surface area contributed by atoms with Crippen LogP contribution in [0, 0.1) is 0 Å². The molecule has 1 aliphatic heterocycles. The molecule has 0 aromatic heterocycles. The third-order valence-corrected chi connectivity index (χ3v) is 5.13. The second-order valence-electron chi connectivity index (χ2n) is 4.12. The number of methoxy groups -OCH3 is 1. The van der Waals surface area contributed by atoms with Gasteiger partial charge in [-0.3, -0.25) is 9.69 Å². The number of ether oxygens (including phenoxy) is 1. The van der Waals surface area contributed by atoms with Crippen LogP contribution in [0.4, 0.5) is 0 Å². The smallest absolute Gasteiger partial charge is 0.354 e.